The van der Waals surface area contributed by atoms with E-state index in [2.05, 4.69) is 25.9 Å². The van der Waals surface area contributed by atoms with Crippen LogP contribution in [-0.4, -0.2) is 61.4 Å². The summed E-state index contributed by atoms with van der Waals surface area (Å²) in [5, 5.41) is 18.4. The highest BCUT2D eigenvalue weighted by Gasteiger charge is 2.25. The predicted molar refractivity (Wildman–Crippen MR) is 128 cm³/mol. The molecule has 3 aromatic rings. The van der Waals surface area contributed by atoms with Crippen molar-refractivity contribution in [1.29, 1.82) is 5.41 Å². The van der Waals surface area contributed by atoms with Gasteiger partial charge in [0.25, 0.3) is 5.91 Å². The molecule has 0 spiro atoms. The summed E-state index contributed by atoms with van der Waals surface area (Å²) < 4.78 is 13.8. The third-order valence-electron chi connectivity index (χ3n) is 6.19. The van der Waals surface area contributed by atoms with Crippen molar-refractivity contribution in [1.82, 2.24) is 24.4 Å². The zero-order valence-corrected chi connectivity index (χ0v) is 21.0. The van der Waals surface area contributed by atoms with Crippen LogP contribution in [-0.2, 0) is 11.3 Å². The molecule has 1 atom stereocenters. The van der Waals surface area contributed by atoms with Gasteiger partial charge in [-0.05, 0) is 60.2 Å². The van der Waals surface area contributed by atoms with Gasteiger partial charge in [-0.1, -0.05) is 11.8 Å². The Morgan fingerprint density at radius 2 is 2.09 bits per heavy atom. The van der Waals surface area contributed by atoms with E-state index in [1.165, 1.54) is 18.7 Å². The van der Waals surface area contributed by atoms with Crippen LogP contribution < -0.4 is 15.0 Å². The van der Waals surface area contributed by atoms with E-state index in [4.69, 9.17) is 19.9 Å². The summed E-state index contributed by atoms with van der Waals surface area (Å²) in [7, 11) is 0. The number of piperidine rings is 1. The Balaban J connectivity index is 1.29. The van der Waals surface area contributed by atoms with Gasteiger partial charge in [0.15, 0.2) is 27.8 Å². The molecule has 3 N–H and O–H groups in total. The van der Waals surface area contributed by atoms with E-state index in [9.17, 15) is 9.90 Å². The number of imidazole rings is 1. The van der Waals surface area contributed by atoms with Gasteiger partial charge in [-0.15, -0.1) is 0 Å². The number of nitrogens with zero attached hydrogens (tertiary/aromatic N) is 4. The number of aryl methyl sites for hydroxylation is 1. The Labute approximate surface area is 208 Å². The van der Waals surface area contributed by atoms with E-state index in [-0.39, 0.29) is 18.2 Å². The Hall–Kier alpha value is -2.57. The van der Waals surface area contributed by atoms with Crippen LogP contribution in [0.4, 0.5) is 0 Å². The van der Waals surface area contributed by atoms with Gasteiger partial charge in [-0.3, -0.25) is 10.2 Å². The van der Waals surface area contributed by atoms with Crippen LogP contribution >= 0.6 is 27.7 Å². The van der Waals surface area contributed by atoms with Crippen molar-refractivity contribution < 1.29 is 19.4 Å². The molecule has 12 heteroatoms. The van der Waals surface area contributed by atoms with Gasteiger partial charge in [0.1, 0.15) is 11.6 Å². The molecule has 2 aliphatic heterocycles. The maximum absolute atomic E-state index is 12.0. The first kappa shape index (κ1) is 23.2. The van der Waals surface area contributed by atoms with E-state index in [1.807, 2.05) is 16.7 Å². The molecule has 34 heavy (non-hydrogen) atoms. The number of fused-ring (bicyclic) bond motifs is 2. The summed E-state index contributed by atoms with van der Waals surface area (Å²) in [6, 6.07) is 3.79. The largest absolute Gasteiger partial charge is 0.454 e. The third kappa shape index (κ3) is 4.66. The fourth-order valence-electron chi connectivity index (χ4n) is 4.28. The topological polar surface area (TPSA) is 129 Å². The highest BCUT2D eigenvalue weighted by molar-refractivity contribution is 9.10. The minimum Gasteiger partial charge on any atom is -0.454 e. The Bertz CT molecular complexity index is 1280. The number of rotatable bonds is 6. The Kier molecular flexibility index (Phi) is 6.54. The van der Waals surface area contributed by atoms with E-state index >= 15 is 0 Å². The van der Waals surface area contributed by atoms with Crippen LogP contribution in [0.25, 0.3) is 11.2 Å². The molecule has 1 fully saturated rings. The molecule has 10 nitrogen and oxygen atoms in total. The molecule has 0 saturated carbocycles. The second-order valence-corrected chi connectivity index (χ2v) is 10.4. The fourth-order valence-corrected chi connectivity index (χ4v) is 5.66. The van der Waals surface area contributed by atoms with E-state index in [1.54, 1.807) is 11.2 Å². The minimum atomic E-state index is -0.945. The molecule has 5 rings (SSSR count). The van der Waals surface area contributed by atoms with E-state index < -0.39 is 6.10 Å². The van der Waals surface area contributed by atoms with Crippen LogP contribution in [0.1, 0.15) is 26.2 Å². The third-order valence-corrected chi connectivity index (χ3v) is 8.06. The second kappa shape index (κ2) is 9.59. The number of likely N-dealkylation sites (tertiary alicyclic amines) is 1. The average molecular weight is 549 g/mol. The number of hydrogen-bond donors (Lipinski definition) is 3. The number of ether oxygens (including phenoxy) is 2. The minimum absolute atomic E-state index is 0.153. The summed E-state index contributed by atoms with van der Waals surface area (Å²) >= 11 is 5.02. The van der Waals surface area contributed by atoms with Gasteiger partial charge in [0.2, 0.25) is 6.79 Å². The average Bonchev–Trinajstić information content (AvgIpc) is 3.46. The second-order valence-electron chi connectivity index (χ2n) is 8.50. The lowest BCUT2D eigenvalue weighted by Gasteiger charge is -2.32. The summed E-state index contributed by atoms with van der Waals surface area (Å²) in [6.07, 6.45) is 3.47. The number of aromatic amines is 1. The number of hydrogen-bond acceptors (Lipinski definition) is 8. The van der Waals surface area contributed by atoms with Gasteiger partial charge in [0.05, 0.1) is 6.33 Å². The first-order valence-corrected chi connectivity index (χ1v) is 12.7. The highest BCUT2D eigenvalue weighted by Crippen LogP contribution is 2.42. The van der Waals surface area contributed by atoms with Crippen molar-refractivity contribution in [3.05, 3.63) is 28.4 Å². The number of carbonyl (C=O) groups excluding carboxylic acids is 1. The summed E-state index contributed by atoms with van der Waals surface area (Å²) in [5.41, 5.74) is 1.44. The molecule has 0 aliphatic carbocycles. The fraction of sp³-hybridized carbons (Fsp3) is 0.455. The molecule has 2 aliphatic rings. The van der Waals surface area contributed by atoms with E-state index in [0.717, 1.165) is 35.2 Å². The zero-order chi connectivity index (χ0) is 23.8. The zero-order valence-electron chi connectivity index (χ0n) is 18.6. The molecule has 4 heterocycles. The molecule has 0 radical (unpaired) electrons. The number of aliphatic hydroxyl groups excluding tert-OH is 1. The summed E-state index contributed by atoms with van der Waals surface area (Å²) in [6.45, 7) is 3.80. The molecule has 1 amide bonds. The van der Waals surface area contributed by atoms with Gasteiger partial charge in [-0.25, -0.2) is 9.97 Å². The Morgan fingerprint density at radius 3 is 2.82 bits per heavy atom. The molecule has 180 valence electrons. The van der Waals surface area contributed by atoms with Crippen molar-refractivity contribution >= 4 is 44.8 Å². The lowest BCUT2D eigenvalue weighted by Crippen LogP contribution is -2.43. The van der Waals surface area contributed by atoms with Crippen molar-refractivity contribution in [2.45, 2.75) is 48.9 Å². The maximum atomic E-state index is 12.0. The maximum Gasteiger partial charge on any atom is 0.251 e. The van der Waals surface area contributed by atoms with Gasteiger partial charge >= 0.3 is 0 Å². The summed E-state index contributed by atoms with van der Waals surface area (Å²) in [4.78, 5) is 26.9. The van der Waals surface area contributed by atoms with E-state index in [0.29, 0.717) is 46.8 Å². The van der Waals surface area contributed by atoms with Gasteiger partial charge in [-0.2, -0.15) is 0 Å². The normalized spacial score (nSPS) is 16.9. The molecule has 0 unspecified atom stereocenters. The molecule has 1 aromatic carbocycles. The standard InChI is InChI=1S/C22H25BrN6O4S/c1-12(30)21(31)28-5-2-13(3-6-28)4-7-29-10-25-19(24)18-20(29)27-22(26-18)34-17-9-16-15(8-14(17)23)32-11-33-16/h8-10,12-13,24,30H,2-7,11H2,1H3,(H,26,27)/t12-/m1/s1. The van der Waals surface area contributed by atoms with Crippen LogP contribution in [0, 0.1) is 11.3 Å². The van der Waals surface area contributed by atoms with Crippen molar-refractivity contribution in [3.8, 4) is 11.5 Å². The summed E-state index contributed by atoms with van der Waals surface area (Å²) in [5.74, 6) is 1.69. The molecular formula is C22H25BrN6O4S. The molecular weight excluding hydrogens is 524 g/mol. The first-order chi connectivity index (χ1) is 16.4. The number of amides is 1. The first-order valence-electron chi connectivity index (χ1n) is 11.1. The van der Waals surface area contributed by atoms with Crippen molar-refractivity contribution in [2.75, 3.05) is 19.9 Å². The van der Waals surface area contributed by atoms with Crippen molar-refractivity contribution in [3.63, 3.8) is 0 Å². The Morgan fingerprint density at radius 1 is 1.35 bits per heavy atom. The van der Waals surface area contributed by atoms with Crippen molar-refractivity contribution in [2.24, 2.45) is 5.92 Å². The number of carbonyl (C=O) groups is 1. The van der Waals surface area contributed by atoms with Crippen LogP contribution in [0.2, 0.25) is 0 Å². The monoisotopic (exact) mass is 548 g/mol. The number of H-pyrrole nitrogens is 1. The SMILES string of the molecule is C[C@@H](O)C(=O)N1CCC(CCn2cnc(=N)c3[nH]c(Sc4cc5c(cc4Br)OCO5)nc32)CC1. The van der Waals surface area contributed by atoms with Crippen LogP contribution in [0.5, 0.6) is 11.5 Å². The number of aliphatic hydroxyl groups is 1. The quantitative estimate of drug-likeness (QED) is 0.431. The number of aromatic nitrogens is 4. The smallest absolute Gasteiger partial charge is 0.251 e. The lowest BCUT2D eigenvalue weighted by molar-refractivity contribution is -0.140. The predicted octanol–water partition coefficient (Wildman–Crippen LogP) is 2.89. The molecule has 1 saturated heterocycles. The highest BCUT2D eigenvalue weighted by atomic mass is 79.9. The van der Waals surface area contributed by atoms with Crippen LogP contribution in [0.15, 0.2) is 33.0 Å². The molecule has 0 bridgehead atoms. The van der Waals surface area contributed by atoms with Crippen LogP contribution in [0.3, 0.4) is 0 Å². The number of nitrogens with one attached hydrogen (secondary N) is 2. The number of benzene rings is 1. The van der Waals surface area contributed by atoms with Gasteiger partial charge < -0.3 is 29.0 Å². The number of halogens is 1. The molecule has 2 aromatic heterocycles. The lowest BCUT2D eigenvalue weighted by atomic mass is 9.93. The van der Waals surface area contributed by atoms with Gasteiger partial charge in [0, 0.05) is 29.0 Å².